The Labute approximate surface area is 84.0 Å². The van der Waals surface area contributed by atoms with E-state index in [0.717, 1.165) is 10.0 Å². The van der Waals surface area contributed by atoms with E-state index in [-0.39, 0.29) is 0 Å². The Morgan fingerprint density at radius 2 is 2.25 bits per heavy atom. The number of halogens is 2. The van der Waals surface area contributed by atoms with E-state index in [4.69, 9.17) is 11.6 Å². The molecule has 0 saturated heterocycles. The van der Waals surface area contributed by atoms with Crippen molar-refractivity contribution in [1.29, 1.82) is 0 Å². The second-order valence-electron chi connectivity index (χ2n) is 2.38. The van der Waals surface area contributed by atoms with Crippen LogP contribution in [0.1, 0.15) is 5.56 Å². The highest BCUT2D eigenvalue weighted by atomic mass is 79.9. The summed E-state index contributed by atoms with van der Waals surface area (Å²) in [5.74, 6) is 0. The van der Waals surface area contributed by atoms with Gasteiger partial charge >= 0.3 is 5.37 Å². The highest BCUT2D eigenvalue weighted by Crippen LogP contribution is 2.23. The summed E-state index contributed by atoms with van der Waals surface area (Å²) in [5.41, 5.74) is 1.80. The smallest absolute Gasteiger partial charge is 0.311 e. The van der Waals surface area contributed by atoms with Gasteiger partial charge in [-0.25, -0.2) is 0 Å². The highest BCUT2D eigenvalue weighted by molar-refractivity contribution is 9.10. The van der Waals surface area contributed by atoms with Crippen LogP contribution in [-0.4, -0.2) is 5.37 Å². The standard InChI is InChI=1S/C8H7BrClNO/c1-5-2-3-7(6(9)4-5)11-8(10)12/h2-4H,1H3,(H,11,12). The number of benzene rings is 1. The molecule has 1 aromatic rings. The molecule has 0 radical (unpaired) electrons. The second-order valence-corrected chi connectivity index (χ2v) is 3.58. The lowest BCUT2D eigenvalue weighted by Crippen LogP contribution is -2.01. The normalized spacial score (nSPS) is 9.58. The Balaban J connectivity index is 2.93. The van der Waals surface area contributed by atoms with Crippen LogP contribution in [0.2, 0.25) is 0 Å². The third kappa shape index (κ3) is 2.50. The molecule has 0 spiro atoms. The van der Waals surface area contributed by atoms with E-state index in [2.05, 4.69) is 21.2 Å². The molecule has 12 heavy (non-hydrogen) atoms. The third-order valence-corrected chi connectivity index (χ3v) is 2.11. The van der Waals surface area contributed by atoms with Crippen LogP contribution in [0.5, 0.6) is 0 Å². The van der Waals surface area contributed by atoms with E-state index in [1.54, 1.807) is 6.07 Å². The van der Waals surface area contributed by atoms with Crippen LogP contribution < -0.4 is 5.32 Å². The van der Waals surface area contributed by atoms with Crippen LogP contribution in [0.25, 0.3) is 0 Å². The molecule has 0 aromatic heterocycles. The van der Waals surface area contributed by atoms with Gasteiger partial charge in [-0.1, -0.05) is 6.07 Å². The van der Waals surface area contributed by atoms with Crippen molar-refractivity contribution in [2.24, 2.45) is 0 Å². The largest absolute Gasteiger partial charge is 0.318 e. The molecule has 1 aromatic carbocycles. The van der Waals surface area contributed by atoms with E-state index in [0.29, 0.717) is 5.69 Å². The zero-order valence-electron chi connectivity index (χ0n) is 6.40. The molecular formula is C8H7BrClNO. The first kappa shape index (κ1) is 9.55. The lowest BCUT2D eigenvalue weighted by Gasteiger charge is -2.03. The van der Waals surface area contributed by atoms with Gasteiger partial charge in [-0.15, -0.1) is 0 Å². The Hall–Kier alpha value is -0.540. The molecule has 0 heterocycles. The van der Waals surface area contributed by atoms with E-state index >= 15 is 0 Å². The van der Waals surface area contributed by atoms with Crippen molar-refractivity contribution in [3.63, 3.8) is 0 Å². The van der Waals surface area contributed by atoms with Gasteiger partial charge < -0.3 is 5.32 Å². The van der Waals surface area contributed by atoms with Crippen LogP contribution in [0.3, 0.4) is 0 Å². The number of aryl methyl sites for hydroxylation is 1. The number of hydrogen-bond donors (Lipinski definition) is 1. The molecule has 0 unspecified atom stereocenters. The number of rotatable bonds is 1. The summed E-state index contributed by atoms with van der Waals surface area (Å²) >= 11 is 8.46. The molecule has 0 atom stereocenters. The van der Waals surface area contributed by atoms with Gasteiger partial charge in [-0.3, -0.25) is 4.79 Å². The maximum Gasteiger partial charge on any atom is 0.318 e. The molecular weight excluding hydrogens is 241 g/mol. The van der Waals surface area contributed by atoms with Gasteiger partial charge in [0.25, 0.3) is 0 Å². The Bertz CT molecular complexity index is 314. The van der Waals surface area contributed by atoms with Crippen LogP contribution in [-0.2, 0) is 0 Å². The number of anilines is 1. The van der Waals surface area contributed by atoms with Gasteiger partial charge in [-0.05, 0) is 52.2 Å². The molecule has 64 valence electrons. The molecule has 0 fully saturated rings. The molecule has 1 amide bonds. The predicted molar refractivity (Wildman–Crippen MR) is 53.8 cm³/mol. The summed E-state index contributed by atoms with van der Waals surface area (Å²) in [5, 5.41) is 1.90. The van der Waals surface area contributed by atoms with Gasteiger partial charge in [0, 0.05) is 4.47 Å². The summed E-state index contributed by atoms with van der Waals surface area (Å²) in [6, 6.07) is 5.59. The first-order chi connectivity index (χ1) is 5.59. The summed E-state index contributed by atoms with van der Waals surface area (Å²) in [6.07, 6.45) is 0. The molecule has 0 aliphatic carbocycles. The van der Waals surface area contributed by atoms with Crippen molar-refractivity contribution >= 4 is 38.6 Å². The Morgan fingerprint density at radius 1 is 1.58 bits per heavy atom. The Morgan fingerprint density at radius 3 is 2.75 bits per heavy atom. The molecule has 4 heteroatoms. The first-order valence-corrected chi connectivity index (χ1v) is 4.49. The number of hydrogen-bond acceptors (Lipinski definition) is 1. The molecule has 0 aliphatic heterocycles. The van der Waals surface area contributed by atoms with Crippen molar-refractivity contribution in [1.82, 2.24) is 0 Å². The molecule has 0 aliphatic rings. The first-order valence-electron chi connectivity index (χ1n) is 3.32. The minimum Gasteiger partial charge on any atom is -0.311 e. The van der Waals surface area contributed by atoms with Gasteiger partial charge in [-0.2, -0.15) is 0 Å². The highest BCUT2D eigenvalue weighted by Gasteiger charge is 2.01. The summed E-state index contributed by atoms with van der Waals surface area (Å²) in [6.45, 7) is 1.97. The zero-order chi connectivity index (χ0) is 9.14. The number of carbonyl (C=O) groups excluding carboxylic acids is 1. The van der Waals surface area contributed by atoms with Crippen LogP contribution in [0.4, 0.5) is 10.5 Å². The minimum atomic E-state index is -0.584. The molecule has 0 saturated carbocycles. The fourth-order valence-electron chi connectivity index (χ4n) is 0.827. The zero-order valence-corrected chi connectivity index (χ0v) is 8.74. The van der Waals surface area contributed by atoms with Gasteiger partial charge in [0.2, 0.25) is 0 Å². The maximum atomic E-state index is 10.5. The fourth-order valence-corrected chi connectivity index (χ4v) is 1.52. The van der Waals surface area contributed by atoms with Crippen LogP contribution in [0, 0.1) is 6.92 Å². The number of nitrogens with one attached hydrogen (secondary N) is 1. The topological polar surface area (TPSA) is 29.1 Å². The van der Waals surface area contributed by atoms with Gasteiger partial charge in [0.1, 0.15) is 0 Å². The summed E-state index contributed by atoms with van der Waals surface area (Å²) < 4.78 is 0.830. The van der Waals surface area contributed by atoms with Crippen LogP contribution >= 0.6 is 27.5 Å². The number of amides is 1. The van der Waals surface area contributed by atoms with Gasteiger partial charge in [0.15, 0.2) is 0 Å². The Kier molecular flexibility index (Phi) is 3.12. The van der Waals surface area contributed by atoms with Crippen molar-refractivity contribution < 1.29 is 4.79 Å². The van der Waals surface area contributed by atoms with Gasteiger partial charge in [0.05, 0.1) is 5.69 Å². The average Bonchev–Trinajstić information content (AvgIpc) is 1.94. The molecule has 2 nitrogen and oxygen atoms in total. The van der Waals surface area contributed by atoms with Crippen molar-refractivity contribution in [3.05, 3.63) is 28.2 Å². The van der Waals surface area contributed by atoms with E-state index in [1.807, 2.05) is 19.1 Å². The summed E-state index contributed by atoms with van der Waals surface area (Å²) in [4.78, 5) is 10.5. The quantitative estimate of drug-likeness (QED) is 0.598. The molecule has 1 rings (SSSR count). The molecule has 0 bridgehead atoms. The minimum absolute atomic E-state index is 0.584. The van der Waals surface area contributed by atoms with Crippen molar-refractivity contribution in [3.8, 4) is 0 Å². The van der Waals surface area contributed by atoms with E-state index in [9.17, 15) is 4.79 Å². The number of carbonyl (C=O) groups is 1. The van der Waals surface area contributed by atoms with Crippen LogP contribution in [0.15, 0.2) is 22.7 Å². The summed E-state index contributed by atoms with van der Waals surface area (Å²) in [7, 11) is 0. The van der Waals surface area contributed by atoms with E-state index < -0.39 is 5.37 Å². The van der Waals surface area contributed by atoms with E-state index in [1.165, 1.54) is 0 Å². The SMILES string of the molecule is Cc1ccc(NC(=O)Cl)c(Br)c1. The fraction of sp³-hybridized carbons (Fsp3) is 0.125. The van der Waals surface area contributed by atoms with Crippen molar-refractivity contribution in [2.45, 2.75) is 6.92 Å². The maximum absolute atomic E-state index is 10.5. The lowest BCUT2D eigenvalue weighted by atomic mass is 10.2. The third-order valence-electron chi connectivity index (χ3n) is 1.36. The second kappa shape index (κ2) is 3.92. The average molecular weight is 249 g/mol. The molecule has 1 N–H and O–H groups in total. The predicted octanol–water partition coefficient (Wildman–Crippen LogP) is 3.53. The lowest BCUT2D eigenvalue weighted by molar-refractivity contribution is 0.269. The monoisotopic (exact) mass is 247 g/mol. The van der Waals surface area contributed by atoms with Crippen molar-refractivity contribution in [2.75, 3.05) is 5.32 Å².